The van der Waals surface area contributed by atoms with Crippen LogP contribution in [-0.2, 0) is 20.0 Å². The lowest BCUT2D eigenvalue weighted by Crippen LogP contribution is -2.19. The summed E-state index contributed by atoms with van der Waals surface area (Å²) < 4.78 is 54.2. The third-order valence-electron chi connectivity index (χ3n) is 5.10. The lowest BCUT2D eigenvalue weighted by molar-refractivity contribution is 0.188. The van der Waals surface area contributed by atoms with Crippen molar-refractivity contribution in [2.75, 3.05) is 33.9 Å². The van der Waals surface area contributed by atoms with Gasteiger partial charge in [-0.25, -0.2) is 8.78 Å². The van der Waals surface area contributed by atoms with E-state index in [4.69, 9.17) is 9.05 Å². The topological polar surface area (TPSA) is 38.8 Å². The Balaban J connectivity index is 2.07. The molecule has 1 heterocycles. The Morgan fingerprint density at radius 3 is 2.48 bits per heavy atom. The van der Waals surface area contributed by atoms with Crippen LogP contribution in [0.2, 0.25) is 0 Å². The summed E-state index contributed by atoms with van der Waals surface area (Å²) in [5.41, 5.74) is 0.915. The number of nitrogens with zero attached hydrogens (tertiary/aromatic N) is 1. The average Bonchev–Trinajstić information content (AvgIpc) is 3.05. The Morgan fingerprint density at radius 2 is 1.84 bits per heavy atom. The minimum atomic E-state index is -3.61. The molecule has 0 aliphatic rings. The zero-order valence-electron chi connectivity index (χ0n) is 18.2. The maximum absolute atomic E-state index is 14.1. The zero-order valence-corrected chi connectivity index (χ0v) is 19.9. The number of aryl methyl sites for hydroxylation is 1. The summed E-state index contributed by atoms with van der Waals surface area (Å²) in [5, 5.41) is 1.08. The second kappa shape index (κ2) is 10.3. The highest BCUT2D eigenvalue weighted by Crippen LogP contribution is 2.64. The van der Waals surface area contributed by atoms with Crippen molar-refractivity contribution in [1.29, 1.82) is 0 Å². The molecule has 31 heavy (non-hydrogen) atoms. The van der Waals surface area contributed by atoms with E-state index >= 15 is 0 Å². The molecule has 0 N–H and O–H groups in total. The van der Waals surface area contributed by atoms with Gasteiger partial charge in [0.05, 0.1) is 18.9 Å². The first-order valence-electron chi connectivity index (χ1n) is 10.2. The zero-order chi connectivity index (χ0) is 22.6. The molecule has 0 fully saturated rings. The molecule has 0 amide bonds. The third-order valence-corrected chi connectivity index (χ3v) is 9.02. The van der Waals surface area contributed by atoms with Crippen LogP contribution in [0.3, 0.4) is 0 Å². The molecule has 3 rings (SSSR count). The highest BCUT2D eigenvalue weighted by atomic mass is 32.1. The fourth-order valence-electron chi connectivity index (χ4n) is 3.50. The predicted molar refractivity (Wildman–Crippen MR) is 123 cm³/mol. The highest BCUT2D eigenvalue weighted by Gasteiger charge is 2.39. The first-order valence-corrected chi connectivity index (χ1v) is 12.6. The van der Waals surface area contributed by atoms with E-state index < -0.39 is 24.9 Å². The van der Waals surface area contributed by atoms with Gasteiger partial charge in [0.15, 0.2) is 11.6 Å². The SMILES string of the molecule is CCOP(=O)(OCCN(C)C)C(Cc1ccc(F)c(F)c1)c1sc2ccccc2c1C. The average molecular weight is 468 g/mol. The van der Waals surface area contributed by atoms with Crippen LogP contribution in [-0.4, -0.2) is 38.8 Å². The Bertz CT molecular complexity index is 1090. The summed E-state index contributed by atoms with van der Waals surface area (Å²) in [6.45, 7) is 4.80. The number of benzene rings is 2. The second-order valence-electron chi connectivity index (χ2n) is 7.65. The standard InChI is InChI=1S/C23H28F2NO3PS/c1-5-28-30(27,29-13-12-26(3)4)21(15-17-10-11-19(24)20(25)14-17)23-16(2)18-8-6-7-9-22(18)31-23/h6-11,14,21H,5,12-13,15H2,1-4H3. The second-order valence-corrected chi connectivity index (χ2v) is 11.0. The van der Waals surface area contributed by atoms with Crippen LogP contribution in [0, 0.1) is 18.6 Å². The van der Waals surface area contributed by atoms with Crippen LogP contribution in [0.5, 0.6) is 0 Å². The first-order chi connectivity index (χ1) is 14.7. The van der Waals surface area contributed by atoms with Crippen molar-refractivity contribution >= 4 is 29.0 Å². The molecule has 1 aromatic heterocycles. The molecule has 0 aliphatic heterocycles. The molecule has 0 spiro atoms. The van der Waals surface area contributed by atoms with Crippen molar-refractivity contribution in [3.8, 4) is 0 Å². The van der Waals surface area contributed by atoms with Crippen molar-refractivity contribution in [2.45, 2.75) is 25.9 Å². The smallest absolute Gasteiger partial charge is 0.308 e. The van der Waals surface area contributed by atoms with Crippen molar-refractivity contribution in [3.63, 3.8) is 0 Å². The van der Waals surface area contributed by atoms with E-state index in [1.165, 1.54) is 6.07 Å². The number of hydrogen-bond donors (Lipinski definition) is 0. The molecule has 4 nitrogen and oxygen atoms in total. The third kappa shape index (κ3) is 5.60. The minimum Gasteiger partial charge on any atom is -0.308 e. The minimum absolute atomic E-state index is 0.212. The van der Waals surface area contributed by atoms with E-state index in [0.717, 1.165) is 32.7 Å². The Labute approximate surface area is 186 Å². The van der Waals surface area contributed by atoms with Gasteiger partial charge in [-0.2, -0.15) is 0 Å². The molecule has 0 saturated carbocycles. The summed E-state index contributed by atoms with van der Waals surface area (Å²) in [7, 11) is 0.199. The van der Waals surface area contributed by atoms with Gasteiger partial charge in [0, 0.05) is 16.1 Å². The largest absolute Gasteiger partial charge is 0.339 e. The summed E-state index contributed by atoms with van der Waals surface area (Å²) in [6.07, 6.45) is 0.212. The molecule has 2 atom stereocenters. The molecule has 0 bridgehead atoms. The van der Waals surface area contributed by atoms with Gasteiger partial charge >= 0.3 is 7.60 Å². The Morgan fingerprint density at radius 1 is 1.10 bits per heavy atom. The molecule has 2 unspecified atom stereocenters. The van der Waals surface area contributed by atoms with E-state index in [1.807, 2.05) is 50.2 Å². The number of halogens is 2. The van der Waals surface area contributed by atoms with Gasteiger partial charge in [-0.3, -0.25) is 4.57 Å². The molecule has 168 valence electrons. The number of thiophene rings is 1. The normalized spacial score (nSPS) is 14.8. The molecule has 8 heteroatoms. The van der Waals surface area contributed by atoms with Crippen LogP contribution < -0.4 is 0 Å². The van der Waals surface area contributed by atoms with Crippen LogP contribution in [0.15, 0.2) is 42.5 Å². The summed E-state index contributed by atoms with van der Waals surface area (Å²) in [6, 6.07) is 11.7. The predicted octanol–water partition coefficient (Wildman–Crippen LogP) is 6.58. The summed E-state index contributed by atoms with van der Waals surface area (Å²) in [5.74, 6) is -1.84. The number of fused-ring (bicyclic) bond motifs is 1. The molecular formula is C23H28F2NO3PS. The first kappa shape index (κ1) is 24.0. The maximum atomic E-state index is 14.1. The molecule has 2 aromatic carbocycles. The van der Waals surface area contributed by atoms with Gasteiger partial charge in [0.2, 0.25) is 0 Å². The van der Waals surface area contributed by atoms with Crippen molar-refractivity contribution in [3.05, 3.63) is 70.1 Å². The van der Waals surface area contributed by atoms with Gasteiger partial charge in [-0.15, -0.1) is 11.3 Å². The number of likely N-dealkylation sites (N-methyl/N-ethyl adjacent to an activating group) is 1. The molecule has 3 aromatic rings. The fraction of sp³-hybridized carbons (Fsp3) is 0.391. The van der Waals surface area contributed by atoms with Gasteiger partial charge in [-0.1, -0.05) is 24.3 Å². The maximum Gasteiger partial charge on any atom is 0.339 e. The molecular weight excluding hydrogens is 439 g/mol. The molecule has 0 aliphatic carbocycles. The van der Waals surface area contributed by atoms with E-state index in [-0.39, 0.29) is 19.6 Å². The quantitative estimate of drug-likeness (QED) is 0.316. The fourth-order valence-corrected chi connectivity index (χ4v) is 7.29. The Hall–Kier alpha value is -1.63. The van der Waals surface area contributed by atoms with Gasteiger partial charge in [-0.05, 0) is 69.1 Å². The monoisotopic (exact) mass is 467 g/mol. The summed E-state index contributed by atoms with van der Waals surface area (Å²) in [4.78, 5) is 2.82. The lowest BCUT2D eigenvalue weighted by atomic mass is 10.0. The highest BCUT2D eigenvalue weighted by molar-refractivity contribution is 7.54. The number of hydrogen-bond acceptors (Lipinski definition) is 5. The van der Waals surface area contributed by atoms with E-state index in [0.29, 0.717) is 12.1 Å². The number of rotatable bonds is 10. The Kier molecular flexibility index (Phi) is 8.00. The van der Waals surface area contributed by atoms with Gasteiger partial charge < -0.3 is 13.9 Å². The van der Waals surface area contributed by atoms with Crippen molar-refractivity contribution < 1.29 is 22.4 Å². The van der Waals surface area contributed by atoms with Gasteiger partial charge in [0.1, 0.15) is 0 Å². The van der Waals surface area contributed by atoms with Crippen molar-refractivity contribution in [1.82, 2.24) is 4.90 Å². The molecule has 0 saturated heterocycles. The van der Waals surface area contributed by atoms with Crippen LogP contribution >= 0.6 is 18.9 Å². The van der Waals surface area contributed by atoms with Crippen LogP contribution in [0.1, 0.15) is 28.6 Å². The van der Waals surface area contributed by atoms with E-state index in [9.17, 15) is 13.3 Å². The van der Waals surface area contributed by atoms with E-state index in [2.05, 4.69) is 0 Å². The van der Waals surface area contributed by atoms with Crippen molar-refractivity contribution in [2.24, 2.45) is 0 Å². The molecule has 0 radical (unpaired) electrons. The lowest BCUT2D eigenvalue weighted by Gasteiger charge is -2.27. The van der Waals surface area contributed by atoms with Crippen LogP contribution in [0.25, 0.3) is 10.1 Å². The summed E-state index contributed by atoms with van der Waals surface area (Å²) >= 11 is 1.54. The van der Waals surface area contributed by atoms with E-state index in [1.54, 1.807) is 18.3 Å². The van der Waals surface area contributed by atoms with Gasteiger partial charge in [0.25, 0.3) is 0 Å². The van der Waals surface area contributed by atoms with Crippen LogP contribution in [0.4, 0.5) is 8.78 Å².